The van der Waals surface area contributed by atoms with Crippen LogP contribution in [0.15, 0.2) is 11.6 Å². The Bertz CT molecular complexity index is 271. The van der Waals surface area contributed by atoms with E-state index in [1.54, 1.807) is 6.92 Å². The van der Waals surface area contributed by atoms with Crippen molar-refractivity contribution in [1.29, 1.82) is 0 Å². The standard InChI is InChI=1S/C10H15NO3/c1-8-7-9(13)11(10(8)14)5-3-2-4-6-12/h7,12H,2-6H2,1H3. The molecule has 0 fully saturated rings. The molecule has 14 heavy (non-hydrogen) atoms. The predicted molar refractivity (Wildman–Crippen MR) is 51.4 cm³/mol. The van der Waals surface area contributed by atoms with Crippen molar-refractivity contribution >= 4 is 11.8 Å². The normalized spacial score (nSPS) is 16.4. The molecule has 1 aliphatic rings. The fraction of sp³-hybridized carbons (Fsp3) is 0.600. The largest absolute Gasteiger partial charge is 0.396 e. The summed E-state index contributed by atoms with van der Waals surface area (Å²) >= 11 is 0. The van der Waals surface area contributed by atoms with Crippen LogP contribution in [-0.4, -0.2) is 35.0 Å². The fourth-order valence-corrected chi connectivity index (χ4v) is 1.41. The Kier molecular flexibility index (Phi) is 3.83. The highest BCUT2D eigenvalue weighted by Gasteiger charge is 2.27. The van der Waals surface area contributed by atoms with Crippen LogP contribution in [-0.2, 0) is 9.59 Å². The zero-order chi connectivity index (χ0) is 10.6. The molecule has 1 N–H and O–H groups in total. The summed E-state index contributed by atoms with van der Waals surface area (Å²) in [4.78, 5) is 23.9. The quantitative estimate of drug-likeness (QED) is 0.514. The average Bonchev–Trinajstić information content (AvgIpc) is 2.38. The summed E-state index contributed by atoms with van der Waals surface area (Å²) < 4.78 is 0. The van der Waals surface area contributed by atoms with Gasteiger partial charge in [0, 0.05) is 24.8 Å². The number of hydrogen-bond donors (Lipinski definition) is 1. The van der Waals surface area contributed by atoms with Crippen LogP contribution in [0.1, 0.15) is 26.2 Å². The third-order valence-corrected chi connectivity index (χ3v) is 2.23. The van der Waals surface area contributed by atoms with Crippen molar-refractivity contribution in [3.8, 4) is 0 Å². The molecule has 4 heteroatoms. The zero-order valence-electron chi connectivity index (χ0n) is 8.32. The number of rotatable bonds is 5. The number of carbonyl (C=O) groups excluding carboxylic acids is 2. The minimum absolute atomic E-state index is 0.166. The van der Waals surface area contributed by atoms with E-state index in [0.717, 1.165) is 19.3 Å². The van der Waals surface area contributed by atoms with Gasteiger partial charge < -0.3 is 5.11 Å². The summed E-state index contributed by atoms with van der Waals surface area (Å²) in [6.07, 6.45) is 3.70. The van der Waals surface area contributed by atoms with Gasteiger partial charge in [0.15, 0.2) is 0 Å². The van der Waals surface area contributed by atoms with Crippen LogP contribution in [0.2, 0.25) is 0 Å². The Morgan fingerprint density at radius 3 is 2.50 bits per heavy atom. The van der Waals surface area contributed by atoms with Crippen LogP contribution in [0, 0.1) is 0 Å². The minimum atomic E-state index is -0.212. The van der Waals surface area contributed by atoms with Gasteiger partial charge in [-0.1, -0.05) is 0 Å². The lowest BCUT2D eigenvalue weighted by Crippen LogP contribution is -2.31. The first kappa shape index (κ1) is 10.9. The van der Waals surface area contributed by atoms with Crippen LogP contribution < -0.4 is 0 Å². The Morgan fingerprint density at radius 1 is 1.29 bits per heavy atom. The van der Waals surface area contributed by atoms with Gasteiger partial charge in [0.05, 0.1) is 0 Å². The highest BCUT2D eigenvalue weighted by atomic mass is 16.3. The highest BCUT2D eigenvalue weighted by molar-refractivity contribution is 6.15. The van der Waals surface area contributed by atoms with E-state index in [1.165, 1.54) is 11.0 Å². The molecule has 1 aliphatic heterocycles. The molecule has 0 saturated carbocycles. The summed E-state index contributed by atoms with van der Waals surface area (Å²) in [6.45, 7) is 2.28. The van der Waals surface area contributed by atoms with Gasteiger partial charge in [-0.15, -0.1) is 0 Å². The molecule has 0 atom stereocenters. The number of imide groups is 1. The molecule has 0 aromatic rings. The maximum Gasteiger partial charge on any atom is 0.256 e. The van der Waals surface area contributed by atoms with E-state index in [2.05, 4.69) is 0 Å². The number of unbranched alkanes of at least 4 members (excludes halogenated alkanes) is 2. The number of aliphatic hydroxyl groups is 1. The van der Waals surface area contributed by atoms with Crippen LogP contribution in [0.5, 0.6) is 0 Å². The van der Waals surface area contributed by atoms with Gasteiger partial charge >= 0.3 is 0 Å². The molecule has 0 aliphatic carbocycles. The molecule has 78 valence electrons. The summed E-state index contributed by atoms with van der Waals surface area (Å²) in [7, 11) is 0. The maximum atomic E-state index is 11.4. The monoisotopic (exact) mass is 197 g/mol. The molecule has 1 rings (SSSR count). The van der Waals surface area contributed by atoms with Crippen molar-refractivity contribution in [2.45, 2.75) is 26.2 Å². The Hall–Kier alpha value is -1.16. The van der Waals surface area contributed by atoms with E-state index in [1.807, 2.05) is 0 Å². The Morgan fingerprint density at radius 2 is 2.00 bits per heavy atom. The first-order valence-electron chi connectivity index (χ1n) is 4.82. The SMILES string of the molecule is CC1=CC(=O)N(CCCCCO)C1=O. The summed E-state index contributed by atoms with van der Waals surface area (Å²) in [6, 6.07) is 0. The molecule has 2 amide bonds. The van der Waals surface area contributed by atoms with Crippen LogP contribution in [0.3, 0.4) is 0 Å². The average molecular weight is 197 g/mol. The number of carbonyl (C=O) groups is 2. The second-order valence-electron chi connectivity index (χ2n) is 3.41. The number of hydrogen-bond acceptors (Lipinski definition) is 3. The van der Waals surface area contributed by atoms with Crippen LogP contribution in [0.25, 0.3) is 0 Å². The minimum Gasteiger partial charge on any atom is -0.396 e. The van der Waals surface area contributed by atoms with Crippen LogP contribution in [0.4, 0.5) is 0 Å². The molecule has 1 heterocycles. The van der Waals surface area contributed by atoms with Gasteiger partial charge in [0.25, 0.3) is 11.8 Å². The second-order valence-corrected chi connectivity index (χ2v) is 3.41. The molecular formula is C10H15NO3. The molecule has 0 spiro atoms. The Labute approximate surface area is 83.2 Å². The van der Waals surface area contributed by atoms with Gasteiger partial charge in [-0.3, -0.25) is 14.5 Å². The van der Waals surface area contributed by atoms with Crippen molar-refractivity contribution in [2.75, 3.05) is 13.2 Å². The van der Waals surface area contributed by atoms with Gasteiger partial charge in [0.1, 0.15) is 0 Å². The molecule has 0 aromatic carbocycles. The van der Waals surface area contributed by atoms with E-state index in [0.29, 0.717) is 12.1 Å². The van der Waals surface area contributed by atoms with E-state index >= 15 is 0 Å². The van der Waals surface area contributed by atoms with Crippen molar-refractivity contribution in [1.82, 2.24) is 4.90 Å². The van der Waals surface area contributed by atoms with Crippen molar-refractivity contribution in [3.05, 3.63) is 11.6 Å². The Balaban J connectivity index is 2.33. The number of aliphatic hydroxyl groups excluding tert-OH is 1. The lowest BCUT2D eigenvalue weighted by molar-refractivity contribution is -0.137. The van der Waals surface area contributed by atoms with Gasteiger partial charge in [-0.05, 0) is 26.2 Å². The highest BCUT2D eigenvalue weighted by Crippen LogP contribution is 2.12. The smallest absolute Gasteiger partial charge is 0.256 e. The lowest BCUT2D eigenvalue weighted by atomic mass is 10.2. The van der Waals surface area contributed by atoms with Gasteiger partial charge in [-0.2, -0.15) is 0 Å². The molecule has 0 saturated heterocycles. The lowest BCUT2D eigenvalue weighted by Gasteiger charge is -2.13. The van der Waals surface area contributed by atoms with E-state index in [-0.39, 0.29) is 18.4 Å². The zero-order valence-corrected chi connectivity index (χ0v) is 8.32. The second kappa shape index (κ2) is 4.91. The molecular weight excluding hydrogens is 182 g/mol. The van der Waals surface area contributed by atoms with Crippen molar-refractivity contribution in [3.63, 3.8) is 0 Å². The van der Waals surface area contributed by atoms with Gasteiger partial charge in [0.2, 0.25) is 0 Å². The van der Waals surface area contributed by atoms with Crippen molar-refractivity contribution in [2.24, 2.45) is 0 Å². The first-order valence-corrected chi connectivity index (χ1v) is 4.82. The van der Waals surface area contributed by atoms with Gasteiger partial charge in [-0.25, -0.2) is 0 Å². The third kappa shape index (κ3) is 2.42. The molecule has 0 unspecified atom stereocenters. The summed E-state index contributed by atoms with van der Waals surface area (Å²) in [5.41, 5.74) is 0.511. The molecule has 0 radical (unpaired) electrons. The maximum absolute atomic E-state index is 11.4. The predicted octanol–water partition coefficient (Wildman–Crippen LogP) is 0.464. The molecule has 0 aromatic heterocycles. The third-order valence-electron chi connectivity index (χ3n) is 2.23. The van der Waals surface area contributed by atoms with Crippen LogP contribution >= 0.6 is 0 Å². The van der Waals surface area contributed by atoms with Crippen molar-refractivity contribution < 1.29 is 14.7 Å². The molecule has 4 nitrogen and oxygen atoms in total. The summed E-state index contributed by atoms with van der Waals surface area (Å²) in [5.74, 6) is -0.393. The van der Waals surface area contributed by atoms with E-state index in [9.17, 15) is 9.59 Å². The number of amides is 2. The topological polar surface area (TPSA) is 57.6 Å². The molecule has 0 bridgehead atoms. The van der Waals surface area contributed by atoms with E-state index < -0.39 is 0 Å². The first-order chi connectivity index (χ1) is 6.66. The summed E-state index contributed by atoms with van der Waals surface area (Å²) in [5, 5.41) is 8.55. The van der Waals surface area contributed by atoms with E-state index in [4.69, 9.17) is 5.11 Å². The number of nitrogens with zero attached hydrogens (tertiary/aromatic N) is 1. The fourth-order valence-electron chi connectivity index (χ4n) is 1.41.